The molecule has 3 aliphatic rings. The molecule has 1 spiro atoms. The number of rotatable bonds is 11. The first-order valence-electron chi connectivity index (χ1n) is 13.8. The first-order chi connectivity index (χ1) is 17.3. The lowest BCUT2D eigenvalue weighted by Gasteiger charge is -2.45. The molecule has 3 amide bonds. The Kier molecular flexibility index (Phi) is 8.95. The molecule has 1 N–H and O–H groups in total. The standard InChI is InChI=1S/C29H47N3O4S/c1-10-13-30(14-11-2)25(34)22-21-16-19(6)29(37-21)23(22)26(35)32(20(17-33)18(4)5)24(29)27(36)31(15-12-3)28(7,8)9/h10,12,18-24,33H,1,3,11,13-17H2,2,4-9H3/t19?,20-,21-,22+,23-,24?,29?/m0/s1. The fourth-order valence-corrected chi connectivity index (χ4v) is 9.29. The van der Waals surface area contributed by atoms with Gasteiger partial charge in [-0.05, 0) is 45.4 Å². The number of hydrogen-bond acceptors (Lipinski definition) is 5. The van der Waals surface area contributed by atoms with E-state index < -0.39 is 34.2 Å². The van der Waals surface area contributed by atoms with E-state index in [-0.39, 0.29) is 41.4 Å². The van der Waals surface area contributed by atoms with Crippen LogP contribution in [0.15, 0.2) is 25.3 Å². The van der Waals surface area contributed by atoms with Gasteiger partial charge in [0.05, 0.1) is 29.2 Å². The lowest BCUT2D eigenvalue weighted by Crippen LogP contribution is -2.62. The highest BCUT2D eigenvalue weighted by Gasteiger charge is 2.77. The number of carbonyl (C=O) groups is 3. The Labute approximate surface area is 227 Å². The van der Waals surface area contributed by atoms with Crippen LogP contribution in [0.25, 0.3) is 0 Å². The molecular formula is C29H47N3O4S. The molecule has 3 unspecified atom stereocenters. The summed E-state index contributed by atoms with van der Waals surface area (Å²) >= 11 is 1.69. The van der Waals surface area contributed by atoms with Gasteiger partial charge < -0.3 is 19.8 Å². The molecule has 3 fully saturated rings. The highest BCUT2D eigenvalue weighted by molar-refractivity contribution is 8.02. The Balaban J connectivity index is 2.19. The summed E-state index contributed by atoms with van der Waals surface area (Å²) in [6.45, 7) is 23.0. The number of fused-ring (bicyclic) bond motifs is 1. The summed E-state index contributed by atoms with van der Waals surface area (Å²) in [5.41, 5.74) is -0.483. The summed E-state index contributed by atoms with van der Waals surface area (Å²) in [5.74, 6) is -1.32. The minimum atomic E-state index is -0.745. The molecule has 3 rings (SSSR count). The van der Waals surface area contributed by atoms with Crippen molar-refractivity contribution in [1.29, 1.82) is 0 Å². The zero-order valence-electron chi connectivity index (χ0n) is 23.8. The van der Waals surface area contributed by atoms with Gasteiger partial charge in [0.2, 0.25) is 17.7 Å². The molecule has 2 bridgehead atoms. The summed E-state index contributed by atoms with van der Waals surface area (Å²) < 4.78 is -0.710. The van der Waals surface area contributed by atoms with Gasteiger partial charge >= 0.3 is 0 Å². The van der Waals surface area contributed by atoms with Crippen LogP contribution in [0.3, 0.4) is 0 Å². The van der Waals surface area contributed by atoms with Crippen LogP contribution in [-0.2, 0) is 14.4 Å². The second-order valence-corrected chi connectivity index (χ2v) is 13.8. The molecule has 7 nitrogen and oxygen atoms in total. The van der Waals surface area contributed by atoms with E-state index in [2.05, 4.69) is 20.1 Å². The molecule has 37 heavy (non-hydrogen) atoms. The third kappa shape index (κ3) is 4.77. The molecule has 3 aliphatic heterocycles. The summed E-state index contributed by atoms with van der Waals surface area (Å²) in [5, 5.41) is 10.4. The molecule has 8 heteroatoms. The van der Waals surface area contributed by atoms with Crippen LogP contribution < -0.4 is 0 Å². The van der Waals surface area contributed by atoms with Gasteiger partial charge in [0, 0.05) is 30.4 Å². The maximum Gasteiger partial charge on any atom is 0.247 e. The Morgan fingerprint density at radius 2 is 1.84 bits per heavy atom. The summed E-state index contributed by atoms with van der Waals surface area (Å²) in [6.07, 6.45) is 5.06. The zero-order chi connectivity index (χ0) is 27.9. The van der Waals surface area contributed by atoms with Gasteiger partial charge in [-0.3, -0.25) is 14.4 Å². The van der Waals surface area contributed by atoms with Gasteiger partial charge in [0.15, 0.2) is 0 Å². The van der Waals surface area contributed by atoms with E-state index >= 15 is 0 Å². The summed E-state index contributed by atoms with van der Waals surface area (Å²) in [4.78, 5) is 48.3. The summed E-state index contributed by atoms with van der Waals surface area (Å²) in [7, 11) is 0. The topological polar surface area (TPSA) is 81.2 Å². The third-order valence-electron chi connectivity index (χ3n) is 8.56. The van der Waals surface area contributed by atoms with Crippen LogP contribution in [0.1, 0.15) is 61.3 Å². The van der Waals surface area contributed by atoms with E-state index in [1.54, 1.807) is 33.7 Å². The number of carbonyl (C=O) groups excluding carboxylic acids is 3. The number of aliphatic hydroxyl groups excluding tert-OH is 1. The first kappa shape index (κ1) is 29.8. The highest BCUT2D eigenvalue weighted by Crippen LogP contribution is 2.69. The number of hydrogen-bond donors (Lipinski definition) is 1. The third-order valence-corrected chi connectivity index (χ3v) is 10.6. The second-order valence-electron chi connectivity index (χ2n) is 12.3. The largest absolute Gasteiger partial charge is 0.394 e. The molecule has 0 aromatic heterocycles. The first-order valence-corrected chi connectivity index (χ1v) is 14.6. The van der Waals surface area contributed by atoms with E-state index in [0.29, 0.717) is 19.6 Å². The average Bonchev–Trinajstić information content (AvgIpc) is 3.40. The van der Waals surface area contributed by atoms with Crippen LogP contribution in [-0.4, -0.2) is 91.4 Å². The van der Waals surface area contributed by atoms with Crippen molar-refractivity contribution in [2.75, 3.05) is 26.2 Å². The van der Waals surface area contributed by atoms with Crippen molar-refractivity contribution < 1.29 is 19.5 Å². The number of likely N-dealkylation sites (tertiary alicyclic amines) is 1. The molecule has 0 saturated carbocycles. The van der Waals surface area contributed by atoms with Crippen LogP contribution in [0.4, 0.5) is 0 Å². The Bertz CT molecular complexity index is 915. The van der Waals surface area contributed by atoms with E-state index in [9.17, 15) is 19.5 Å². The molecule has 3 heterocycles. The quantitative estimate of drug-likeness (QED) is 0.411. The van der Waals surface area contributed by atoms with E-state index in [4.69, 9.17) is 0 Å². The van der Waals surface area contributed by atoms with Gasteiger partial charge in [-0.2, -0.15) is 0 Å². The number of thioether (sulfide) groups is 1. The Hall–Kier alpha value is -1.80. The number of nitrogens with zero attached hydrogens (tertiary/aromatic N) is 3. The van der Waals surface area contributed by atoms with Gasteiger partial charge in [-0.15, -0.1) is 24.9 Å². The fraction of sp³-hybridized carbons (Fsp3) is 0.759. The summed E-state index contributed by atoms with van der Waals surface area (Å²) in [6, 6.07) is -1.25. The molecular weight excluding hydrogens is 486 g/mol. The van der Waals surface area contributed by atoms with Crippen molar-refractivity contribution in [2.24, 2.45) is 23.7 Å². The van der Waals surface area contributed by atoms with Crippen molar-refractivity contribution in [1.82, 2.24) is 14.7 Å². The van der Waals surface area contributed by atoms with Crippen molar-refractivity contribution in [3.8, 4) is 0 Å². The van der Waals surface area contributed by atoms with Crippen LogP contribution in [0, 0.1) is 23.7 Å². The minimum Gasteiger partial charge on any atom is -0.394 e. The maximum absolute atomic E-state index is 14.5. The van der Waals surface area contributed by atoms with Gasteiger partial charge in [0.25, 0.3) is 0 Å². The van der Waals surface area contributed by atoms with Crippen molar-refractivity contribution in [2.45, 2.75) is 88.9 Å². The van der Waals surface area contributed by atoms with Gasteiger partial charge in [0.1, 0.15) is 6.04 Å². The van der Waals surface area contributed by atoms with Crippen LogP contribution >= 0.6 is 11.8 Å². The van der Waals surface area contributed by atoms with Crippen molar-refractivity contribution in [3.63, 3.8) is 0 Å². The lowest BCUT2D eigenvalue weighted by molar-refractivity contribution is -0.149. The lowest BCUT2D eigenvalue weighted by atomic mass is 9.65. The van der Waals surface area contributed by atoms with Crippen LogP contribution in [0.2, 0.25) is 0 Å². The SMILES string of the molecule is C=CCN(CCC)C(=O)[C@@H]1[C@@H]2CC(C)C3(S2)C(C(=O)N(CC=C)C(C)(C)C)N([C@@H](CO)C(C)C)C(=O)[C@H]13. The molecule has 0 radical (unpaired) electrons. The van der Waals surface area contributed by atoms with Crippen LogP contribution in [0.5, 0.6) is 0 Å². The van der Waals surface area contributed by atoms with E-state index in [1.807, 2.05) is 46.4 Å². The smallest absolute Gasteiger partial charge is 0.247 e. The molecule has 0 aromatic rings. The Morgan fingerprint density at radius 1 is 1.22 bits per heavy atom. The van der Waals surface area contributed by atoms with Gasteiger partial charge in [-0.1, -0.05) is 39.8 Å². The molecule has 7 atom stereocenters. The molecule has 208 valence electrons. The van der Waals surface area contributed by atoms with Gasteiger partial charge in [-0.25, -0.2) is 0 Å². The maximum atomic E-state index is 14.5. The van der Waals surface area contributed by atoms with E-state index in [1.165, 1.54) is 0 Å². The fourth-order valence-electron chi connectivity index (χ4n) is 6.90. The average molecular weight is 534 g/mol. The minimum absolute atomic E-state index is 0.00723. The normalized spacial score (nSPS) is 31.4. The number of aliphatic hydroxyl groups is 1. The molecule has 0 aromatic carbocycles. The van der Waals surface area contributed by atoms with Crippen molar-refractivity contribution >= 4 is 29.5 Å². The van der Waals surface area contributed by atoms with E-state index in [0.717, 1.165) is 12.8 Å². The Morgan fingerprint density at radius 3 is 2.32 bits per heavy atom. The number of amides is 3. The monoisotopic (exact) mass is 533 g/mol. The second kappa shape index (κ2) is 11.1. The van der Waals surface area contributed by atoms with Crippen molar-refractivity contribution in [3.05, 3.63) is 25.3 Å². The zero-order valence-corrected chi connectivity index (χ0v) is 24.6. The molecule has 0 aliphatic carbocycles. The predicted molar refractivity (Wildman–Crippen MR) is 150 cm³/mol. The molecule has 3 saturated heterocycles. The highest BCUT2D eigenvalue weighted by atomic mass is 32.2. The predicted octanol–water partition coefficient (Wildman–Crippen LogP) is 3.58.